The second kappa shape index (κ2) is 7.92. The number of halogens is 1. The second-order valence-electron chi connectivity index (χ2n) is 7.24. The number of ether oxygens (including phenoxy) is 1. The third kappa shape index (κ3) is 3.46. The van der Waals surface area contributed by atoms with Gasteiger partial charge in [-0.1, -0.05) is 5.16 Å². The molecule has 4 heterocycles. The van der Waals surface area contributed by atoms with Crippen molar-refractivity contribution in [2.45, 2.75) is 13.5 Å². The first kappa shape index (κ1) is 19.4. The first-order valence-corrected chi connectivity index (χ1v) is 10.1. The van der Waals surface area contributed by atoms with Crippen LogP contribution in [0.4, 0.5) is 10.1 Å². The van der Waals surface area contributed by atoms with E-state index in [0.29, 0.717) is 49.9 Å². The maximum absolute atomic E-state index is 15.0. The van der Waals surface area contributed by atoms with Crippen LogP contribution in [0.3, 0.4) is 0 Å². The van der Waals surface area contributed by atoms with Gasteiger partial charge in [0.15, 0.2) is 0 Å². The molecule has 1 aromatic carbocycles. The van der Waals surface area contributed by atoms with Crippen LogP contribution in [0.5, 0.6) is 0 Å². The minimum absolute atomic E-state index is 0.0959. The molecule has 5 rings (SSSR count). The number of rotatable bonds is 4. The van der Waals surface area contributed by atoms with Gasteiger partial charge in [-0.2, -0.15) is 4.98 Å². The largest absolute Gasteiger partial charge is 0.378 e. The molecule has 0 N–H and O–H groups in total. The van der Waals surface area contributed by atoms with Crippen LogP contribution in [0.2, 0.25) is 0 Å². The van der Waals surface area contributed by atoms with Crippen LogP contribution < -0.4 is 10.3 Å². The number of anilines is 1. The molecular weight excluding hydrogens is 401 g/mol. The fourth-order valence-electron chi connectivity index (χ4n) is 3.81. The van der Waals surface area contributed by atoms with Gasteiger partial charge in [-0.3, -0.25) is 9.78 Å². The van der Waals surface area contributed by atoms with Crippen molar-refractivity contribution < 1.29 is 13.7 Å². The van der Waals surface area contributed by atoms with E-state index in [1.807, 2.05) is 16.4 Å². The zero-order valence-electron chi connectivity index (χ0n) is 16.9. The van der Waals surface area contributed by atoms with Crippen molar-refractivity contribution in [3.63, 3.8) is 0 Å². The number of hydrogen-bond acceptors (Lipinski definition) is 7. The van der Waals surface area contributed by atoms with E-state index >= 15 is 0 Å². The molecule has 1 aliphatic rings. The van der Waals surface area contributed by atoms with Crippen molar-refractivity contribution in [2.24, 2.45) is 0 Å². The molecule has 0 saturated carbocycles. The first-order chi connectivity index (χ1) is 15.2. The molecule has 1 saturated heterocycles. The Morgan fingerprint density at radius 2 is 1.94 bits per heavy atom. The van der Waals surface area contributed by atoms with E-state index in [9.17, 15) is 9.18 Å². The molecule has 31 heavy (non-hydrogen) atoms. The van der Waals surface area contributed by atoms with Gasteiger partial charge in [-0.15, -0.1) is 0 Å². The van der Waals surface area contributed by atoms with E-state index < -0.39 is 5.82 Å². The lowest BCUT2D eigenvalue weighted by Gasteiger charge is -2.29. The van der Waals surface area contributed by atoms with Crippen LogP contribution >= 0.6 is 0 Å². The van der Waals surface area contributed by atoms with E-state index in [0.717, 1.165) is 5.56 Å². The number of benzene rings is 1. The summed E-state index contributed by atoms with van der Waals surface area (Å²) in [7, 11) is 0. The molecule has 1 fully saturated rings. The Kier molecular flexibility index (Phi) is 4.95. The lowest BCUT2D eigenvalue weighted by molar-refractivity contribution is 0.122. The summed E-state index contributed by atoms with van der Waals surface area (Å²) in [5.41, 5.74) is 1.75. The Morgan fingerprint density at radius 3 is 2.68 bits per heavy atom. The van der Waals surface area contributed by atoms with Crippen LogP contribution in [0.15, 0.2) is 52.2 Å². The van der Waals surface area contributed by atoms with Crippen molar-refractivity contribution >= 4 is 16.6 Å². The molecule has 158 valence electrons. The highest BCUT2D eigenvalue weighted by Gasteiger charge is 2.21. The Hall–Kier alpha value is -3.59. The zero-order valence-corrected chi connectivity index (χ0v) is 16.9. The number of aromatic nitrogens is 4. The summed E-state index contributed by atoms with van der Waals surface area (Å²) in [5.74, 6) is 0.0154. The first-order valence-electron chi connectivity index (χ1n) is 10.1. The number of aryl methyl sites for hydroxylation is 1. The van der Waals surface area contributed by atoms with E-state index in [2.05, 4.69) is 15.1 Å². The number of fused-ring (bicyclic) bond motifs is 1. The minimum Gasteiger partial charge on any atom is -0.378 e. The quantitative estimate of drug-likeness (QED) is 0.500. The fraction of sp³-hybridized carbons (Fsp3) is 0.273. The summed E-state index contributed by atoms with van der Waals surface area (Å²) >= 11 is 0. The van der Waals surface area contributed by atoms with Crippen LogP contribution in [0.25, 0.3) is 33.7 Å². The van der Waals surface area contributed by atoms with Gasteiger partial charge in [0, 0.05) is 49.2 Å². The van der Waals surface area contributed by atoms with E-state index in [-0.39, 0.29) is 22.3 Å². The van der Waals surface area contributed by atoms with Gasteiger partial charge < -0.3 is 18.7 Å². The summed E-state index contributed by atoms with van der Waals surface area (Å²) in [4.78, 5) is 23.5. The summed E-state index contributed by atoms with van der Waals surface area (Å²) in [6.45, 7) is 4.86. The maximum Gasteiger partial charge on any atom is 0.263 e. The summed E-state index contributed by atoms with van der Waals surface area (Å²) in [5, 5.41) is 4.25. The summed E-state index contributed by atoms with van der Waals surface area (Å²) < 4.78 is 27.6. The van der Waals surface area contributed by atoms with Crippen LogP contribution in [0, 0.1) is 5.82 Å². The van der Waals surface area contributed by atoms with Crippen molar-refractivity contribution in [3.05, 3.63) is 58.9 Å². The minimum atomic E-state index is -0.436. The number of nitrogens with zero attached hydrogens (tertiary/aromatic N) is 5. The monoisotopic (exact) mass is 421 g/mol. The Labute approximate surface area is 176 Å². The second-order valence-corrected chi connectivity index (χ2v) is 7.24. The van der Waals surface area contributed by atoms with Crippen LogP contribution in [-0.2, 0) is 11.3 Å². The van der Waals surface area contributed by atoms with Gasteiger partial charge in [0.25, 0.3) is 5.89 Å². The molecule has 0 spiro atoms. The molecule has 0 bridgehead atoms. The van der Waals surface area contributed by atoms with Crippen LogP contribution in [-0.4, -0.2) is 46.0 Å². The van der Waals surface area contributed by atoms with Crippen molar-refractivity contribution in [1.29, 1.82) is 0 Å². The van der Waals surface area contributed by atoms with E-state index in [1.54, 1.807) is 36.8 Å². The number of morpholine rings is 1. The average molecular weight is 421 g/mol. The normalized spacial score (nSPS) is 14.3. The maximum atomic E-state index is 15.0. The molecule has 4 aromatic rings. The molecular formula is C22H20FN5O3. The molecule has 0 radical (unpaired) electrons. The third-order valence-corrected chi connectivity index (χ3v) is 5.44. The van der Waals surface area contributed by atoms with Crippen molar-refractivity contribution in [3.8, 4) is 22.8 Å². The van der Waals surface area contributed by atoms with E-state index in [4.69, 9.17) is 9.26 Å². The highest BCUT2D eigenvalue weighted by molar-refractivity contribution is 5.86. The standard InChI is InChI=1S/C22H20FN5O3/c1-2-27-13-16(22-25-21(26-31-22)14-3-5-24-6-4-14)20(29)15-11-17(23)19(12-18(15)27)28-7-9-30-10-8-28/h3-6,11-13H,2,7-10H2,1H3. The Bertz CT molecular complexity index is 1300. The van der Waals surface area contributed by atoms with Gasteiger partial charge in [0.2, 0.25) is 11.3 Å². The number of hydrogen-bond donors (Lipinski definition) is 0. The van der Waals surface area contributed by atoms with E-state index in [1.165, 1.54) is 6.07 Å². The molecule has 0 aliphatic carbocycles. The molecule has 0 atom stereocenters. The highest BCUT2D eigenvalue weighted by atomic mass is 19.1. The highest BCUT2D eigenvalue weighted by Crippen LogP contribution is 2.28. The average Bonchev–Trinajstić information content (AvgIpc) is 3.30. The zero-order chi connectivity index (χ0) is 21.4. The summed E-state index contributed by atoms with van der Waals surface area (Å²) in [6, 6.07) is 6.54. The van der Waals surface area contributed by atoms with Gasteiger partial charge >= 0.3 is 0 Å². The van der Waals surface area contributed by atoms with Crippen molar-refractivity contribution in [1.82, 2.24) is 19.7 Å². The lowest BCUT2D eigenvalue weighted by Crippen LogP contribution is -2.36. The smallest absolute Gasteiger partial charge is 0.263 e. The van der Waals surface area contributed by atoms with Gasteiger partial charge in [0.1, 0.15) is 11.4 Å². The lowest BCUT2D eigenvalue weighted by atomic mass is 10.1. The Balaban J connectivity index is 1.63. The third-order valence-electron chi connectivity index (χ3n) is 5.44. The fourth-order valence-corrected chi connectivity index (χ4v) is 3.81. The van der Waals surface area contributed by atoms with Gasteiger partial charge in [-0.25, -0.2) is 4.39 Å². The molecule has 8 nitrogen and oxygen atoms in total. The molecule has 9 heteroatoms. The summed E-state index contributed by atoms with van der Waals surface area (Å²) in [6.07, 6.45) is 4.94. The molecule has 0 unspecified atom stereocenters. The topological polar surface area (TPSA) is 86.3 Å². The number of pyridine rings is 2. The van der Waals surface area contributed by atoms with Crippen molar-refractivity contribution in [2.75, 3.05) is 31.2 Å². The predicted octanol–water partition coefficient (Wildman–Crippen LogP) is 3.11. The molecule has 0 amide bonds. The predicted molar refractivity (Wildman–Crippen MR) is 113 cm³/mol. The molecule has 1 aliphatic heterocycles. The van der Waals surface area contributed by atoms with Gasteiger partial charge in [0.05, 0.1) is 24.4 Å². The molecule has 3 aromatic heterocycles. The van der Waals surface area contributed by atoms with Crippen LogP contribution in [0.1, 0.15) is 6.92 Å². The van der Waals surface area contributed by atoms with Gasteiger partial charge in [-0.05, 0) is 31.2 Å². The SMILES string of the molecule is CCn1cc(-c2nc(-c3ccncc3)no2)c(=O)c2cc(F)c(N3CCOCC3)cc21. The Morgan fingerprint density at radius 1 is 1.16 bits per heavy atom.